The molecule has 0 saturated carbocycles. The molecule has 5 aliphatic rings. The van der Waals surface area contributed by atoms with E-state index in [0.29, 0.717) is 38.5 Å². The van der Waals surface area contributed by atoms with Crippen molar-refractivity contribution in [2.75, 3.05) is 21.2 Å². The second-order valence-electron chi connectivity index (χ2n) is 17.6. The first-order valence-corrected chi connectivity index (χ1v) is 20.2. The molecule has 5 rings (SSSR count). The minimum atomic E-state index is -1.84. The van der Waals surface area contributed by atoms with Gasteiger partial charge >= 0.3 is 18.1 Å². The molecular formula is C40H67NO14. The summed E-state index contributed by atoms with van der Waals surface area (Å²) in [5.41, 5.74) is -1.79. The molecule has 15 nitrogen and oxygen atoms in total. The van der Waals surface area contributed by atoms with Gasteiger partial charge in [-0.1, -0.05) is 34.1 Å². The maximum absolute atomic E-state index is 14.4. The normalized spacial score (nSPS) is 48.1. The van der Waals surface area contributed by atoms with Crippen molar-refractivity contribution in [1.82, 2.24) is 4.90 Å². The molecule has 55 heavy (non-hydrogen) atoms. The molecule has 15 heteroatoms. The number of cyclic esters (lactones) is 1. The predicted octanol–water partition coefficient (Wildman–Crippen LogP) is 4.73. The predicted molar refractivity (Wildman–Crippen MR) is 196 cm³/mol. The Labute approximate surface area is 326 Å². The highest BCUT2D eigenvalue weighted by Gasteiger charge is 2.64. The number of rotatable bonds is 9. The van der Waals surface area contributed by atoms with Crippen LogP contribution in [0.25, 0.3) is 0 Å². The fraction of sp³-hybridized carbons (Fsp3) is 0.925. The number of aliphatic hydroxyl groups is 1. The smallest absolute Gasteiger partial charge is 0.458 e. The molecule has 0 aromatic heterocycles. The van der Waals surface area contributed by atoms with E-state index in [1.54, 1.807) is 21.0 Å². The van der Waals surface area contributed by atoms with Crippen LogP contribution in [0.4, 0.5) is 4.79 Å². The van der Waals surface area contributed by atoms with E-state index in [0.717, 1.165) is 0 Å². The van der Waals surface area contributed by atoms with Crippen molar-refractivity contribution < 1.29 is 66.9 Å². The molecule has 0 aromatic rings. The topological polar surface area (TPSA) is 167 Å². The Bertz CT molecular complexity index is 1370. The molecule has 0 aliphatic carbocycles. The average Bonchev–Trinajstić information content (AvgIpc) is 3.60. The van der Waals surface area contributed by atoms with E-state index in [4.69, 9.17) is 47.4 Å². The lowest BCUT2D eigenvalue weighted by atomic mass is 9.77. The second-order valence-corrected chi connectivity index (χ2v) is 17.6. The quantitative estimate of drug-likeness (QED) is 0.252. The van der Waals surface area contributed by atoms with Crippen LogP contribution < -0.4 is 0 Å². The van der Waals surface area contributed by atoms with Crippen LogP contribution in [0.2, 0.25) is 0 Å². The van der Waals surface area contributed by atoms with Crippen molar-refractivity contribution in [2.45, 2.75) is 192 Å². The van der Waals surface area contributed by atoms with Gasteiger partial charge in [0.1, 0.15) is 6.10 Å². The third-order valence-corrected chi connectivity index (χ3v) is 12.8. The summed E-state index contributed by atoms with van der Waals surface area (Å²) in [6.07, 6.45) is -5.82. The van der Waals surface area contributed by atoms with Crippen molar-refractivity contribution >= 4 is 18.1 Å². The number of carbonyl (C=O) groups is 3. The molecule has 0 amide bonds. The number of nitrogens with zero attached hydrogens (tertiary/aromatic N) is 1. The third-order valence-electron chi connectivity index (χ3n) is 12.8. The van der Waals surface area contributed by atoms with E-state index in [-0.39, 0.29) is 18.2 Å². The van der Waals surface area contributed by atoms with Gasteiger partial charge in [-0.25, -0.2) is 4.79 Å². The van der Waals surface area contributed by atoms with Gasteiger partial charge in [-0.3, -0.25) is 9.59 Å². The molecule has 5 fully saturated rings. The first-order chi connectivity index (χ1) is 25.6. The highest BCUT2D eigenvalue weighted by atomic mass is 16.8. The van der Waals surface area contributed by atoms with E-state index in [1.807, 2.05) is 67.5 Å². The Morgan fingerprint density at radius 2 is 1.58 bits per heavy atom. The molecule has 0 radical (unpaired) electrons. The minimum absolute atomic E-state index is 0.205. The number of carbonyl (C=O) groups excluding carboxylic acids is 3. The summed E-state index contributed by atoms with van der Waals surface area (Å²) in [5, 5.41) is 12.6. The minimum Gasteiger partial charge on any atom is -0.458 e. The number of hydrogen-bond acceptors (Lipinski definition) is 15. The molecule has 1 N–H and O–H groups in total. The fourth-order valence-corrected chi connectivity index (χ4v) is 9.86. The van der Waals surface area contributed by atoms with Crippen molar-refractivity contribution in [1.29, 1.82) is 0 Å². The van der Waals surface area contributed by atoms with Crippen LogP contribution in [-0.2, 0) is 57.0 Å². The summed E-state index contributed by atoms with van der Waals surface area (Å²) >= 11 is 0. The number of methoxy groups -OCH3 is 1. The number of hydrogen-bond donors (Lipinski definition) is 1. The van der Waals surface area contributed by atoms with Gasteiger partial charge in [0.25, 0.3) is 0 Å². The molecular weight excluding hydrogens is 718 g/mol. The van der Waals surface area contributed by atoms with Crippen molar-refractivity contribution in [3.8, 4) is 0 Å². The van der Waals surface area contributed by atoms with Gasteiger partial charge in [-0.15, -0.1) is 0 Å². The summed E-state index contributed by atoms with van der Waals surface area (Å²) in [7, 11) is 5.49. The van der Waals surface area contributed by atoms with Crippen LogP contribution in [0.5, 0.6) is 0 Å². The van der Waals surface area contributed by atoms with Gasteiger partial charge in [0.2, 0.25) is 0 Å². The van der Waals surface area contributed by atoms with E-state index >= 15 is 0 Å². The summed E-state index contributed by atoms with van der Waals surface area (Å²) in [6, 6.07) is -0.245. The van der Waals surface area contributed by atoms with Crippen molar-refractivity contribution in [3.63, 3.8) is 0 Å². The van der Waals surface area contributed by atoms with Gasteiger partial charge in [0.15, 0.2) is 36.7 Å². The van der Waals surface area contributed by atoms with Gasteiger partial charge < -0.3 is 57.4 Å². The summed E-state index contributed by atoms with van der Waals surface area (Å²) in [5.74, 6) is -5.77. The Hall–Kier alpha value is -2.11. The molecule has 8 unspecified atom stereocenters. The molecule has 2 bridgehead atoms. The summed E-state index contributed by atoms with van der Waals surface area (Å²) in [4.78, 5) is 41.7. The molecule has 5 heterocycles. The van der Waals surface area contributed by atoms with Crippen LogP contribution in [0.3, 0.4) is 0 Å². The van der Waals surface area contributed by atoms with E-state index < -0.39 is 108 Å². The molecule has 316 valence electrons. The second kappa shape index (κ2) is 17.0. The van der Waals surface area contributed by atoms with E-state index in [2.05, 4.69) is 0 Å². The zero-order valence-corrected chi connectivity index (χ0v) is 35.1. The van der Waals surface area contributed by atoms with E-state index in [9.17, 15) is 19.5 Å². The SMILES string of the molecule is CCC[C@H]1OC(=O)[C@H](C)[C@@H](OC2CC(C)(OC)CC(C)O2)[C@H](C)[C@@H](OC2OC(C)CC(N(C)C)C2OC(C)=O)[C@]2(C)C[C@@H](C)C(O)(O2)[C@H](C)[C@H]2OC(=O)O[C@@H]21. The lowest BCUT2D eigenvalue weighted by Gasteiger charge is -2.48. The van der Waals surface area contributed by atoms with Gasteiger partial charge in [-0.05, 0) is 68.0 Å². The number of esters is 2. The molecule has 0 aromatic carbocycles. The lowest BCUT2D eigenvalue weighted by Crippen LogP contribution is -2.60. The zero-order valence-electron chi connectivity index (χ0n) is 35.1. The summed E-state index contributed by atoms with van der Waals surface area (Å²) < 4.78 is 63.2. The highest BCUT2D eigenvalue weighted by Crippen LogP contribution is 2.52. The number of fused-ring (bicyclic) bond motifs is 3. The van der Waals surface area contributed by atoms with Crippen molar-refractivity contribution in [3.05, 3.63) is 0 Å². The Morgan fingerprint density at radius 3 is 2.20 bits per heavy atom. The zero-order chi connectivity index (χ0) is 40.8. The van der Waals surface area contributed by atoms with Gasteiger partial charge in [0, 0.05) is 38.7 Å². The maximum Gasteiger partial charge on any atom is 0.509 e. The van der Waals surface area contributed by atoms with Gasteiger partial charge in [-0.2, -0.15) is 0 Å². The van der Waals surface area contributed by atoms with Crippen LogP contribution in [0, 0.1) is 23.7 Å². The van der Waals surface area contributed by atoms with Crippen LogP contribution in [0.15, 0.2) is 0 Å². The van der Waals surface area contributed by atoms with Crippen molar-refractivity contribution in [2.24, 2.45) is 23.7 Å². The Balaban J connectivity index is 1.65. The Kier molecular flexibility index (Phi) is 13.6. The fourth-order valence-electron chi connectivity index (χ4n) is 9.86. The third kappa shape index (κ3) is 9.14. The standard InChI is InChI=1S/C40H67NO14/c1-14-15-28-33-31(52-37(44)53-33)25(7)40(45)20(2)17-39(10,55-40)34(54-36-32(49-26(8)42)27(41(11)12)16-21(3)48-36)23(5)30(24(6)35(43)50-28)51-29-19-38(9,46-13)18-22(4)47-29/h20-25,27-34,36,45H,14-19H2,1-13H3/t20-,21?,22?,23+,24-,25-,27?,28-,29?,30+,31-,32?,33-,34-,36?,38?,39+,40?/m1/s1. The molecule has 5 saturated heterocycles. The monoisotopic (exact) mass is 785 g/mol. The lowest BCUT2D eigenvalue weighted by molar-refractivity contribution is -0.334. The largest absolute Gasteiger partial charge is 0.509 e. The average molecular weight is 786 g/mol. The maximum atomic E-state index is 14.4. The first kappa shape index (κ1) is 44.0. The van der Waals surface area contributed by atoms with Crippen LogP contribution in [0.1, 0.15) is 108 Å². The number of ether oxygens (including phenoxy) is 10. The first-order valence-electron chi connectivity index (χ1n) is 20.2. The molecule has 18 atom stereocenters. The summed E-state index contributed by atoms with van der Waals surface area (Å²) in [6.45, 7) is 18.3. The van der Waals surface area contributed by atoms with E-state index in [1.165, 1.54) is 6.92 Å². The van der Waals surface area contributed by atoms with Crippen LogP contribution in [-0.4, -0.2) is 134 Å². The van der Waals surface area contributed by atoms with Crippen LogP contribution >= 0.6 is 0 Å². The molecule has 0 spiro atoms. The van der Waals surface area contributed by atoms with Gasteiger partial charge in [0.05, 0.1) is 53.5 Å². The Morgan fingerprint density at radius 1 is 0.909 bits per heavy atom. The number of likely N-dealkylation sites (N-methyl/N-ethyl adjacent to an activating group) is 1. The molecule has 5 aliphatic heterocycles. The highest BCUT2D eigenvalue weighted by molar-refractivity contribution is 5.73.